The van der Waals surface area contributed by atoms with E-state index in [1.807, 2.05) is 0 Å². The van der Waals surface area contributed by atoms with Gasteiger partial charge in [0.1, 0.15) is 0 Å². The summed E-state index contributed by atoms with van der Waals surface area (Å²) in [6.07, 6.45) is 2.09. The van der Waals surface area contributed by atoms with E-state index in [9.17, 15) is 8.78 Å². The van der Waals surface area contributed by atoms with Crippen molar-refractivity contribution < 1.29 is 41.3 Å². The van der Waals surface area contributed by atoms with E-state index in [0.717, 1.165) is 38.5 Å². The van der Waals surface area contributed by atoms with Crippen molar-refractivity contribution >= 4 is 12.1 Å². The van der Waals surface area contributed by atoms with Crippen LogP contribution in [0.15, 0.2) is 12.1 Å². The Labute approximate surface area is 136 Å². The van der Waals surface area contributed by atoms with E-state index in [1.54, 1.807) is 0 Å². The summed E-state index contributed by atoms with van der Waals surface area (Å²) >= 11 is 0. The molecule has 2 heterocycles. The van der Waals surface area contributed by atoms with Gasteiger partial charge in [-0.05, 0) is 12.2 Å². The number of hydrogen-bond acceptors (Lipinski definition) is 2. The molecule has 2 saturated heterocycles. The van der Waals surface area contributed by atoms with Gasteiger partial charge in [0.05, 0.1) is 26.3 Å². The summed E-state index contributed by atoms with van der Waals surface area (Å²) in [5.41, 5.74) is 0.229. The minimum absolute atomic E-state index is 0. The Morgan fingerprint density at radius 1 is 1.29 bits per heavy atom. The number of nitrogens with zero attached hydrogens (tertiary/aromatic N) is 1. The molecule has 0 amide bonds. The number of rotatable bonds is 4. The van der Waals surface area contributed by atoms with Gasteiger partial charge in [0.25, 0.3) is 0 Å². The maximum absolute atomic E-state index is 14.2. The van der Waals surface area contributed by atoms with Crippen LogP contribution in [-0.4, -0.2) is 43.9 Å². The summed E-state index contributed by atoms with van der Waals surface area (Å²) in [5.74, 6) is -1.06. The van der Waals surface area contributed by atoms with Crippen LogP contribution in [0.4, 0.5) is 8.78 Å². The van der Waals surface area contributed by atoms with Gasteiger partial charge in [0.15, 0.2) is 0 Å². The monoisotopic (exact) mass is 289 g/mol. The maximum Gasteiger partial charge on any atom is 1.00 e. The van der Waals surface area contributed by atoms with Gasteiger partial charge in [-0.1, -0.05) is 13.3 Å². The van der Waals surface area contributed by atoms with Gasteiger partial charge >= 0.3 is 25.5 Å². The molecule has 0 bridgehead atoms. The summed E-state index contributed by atoms with van der Waals surface area (Å²) in [6, 6.07) is 4.47. The predicted molar refractivity (Wildman–Crippen MR) is 72.3 cm³/mol. The Hall–Kier alpha value is -0.378. The van der Waals surface area contributed by atoms with Crippen molar-refractivity contribution in [2.75, 3.05) is 32.8 Å². The summed E-state index contributed by atoms with van der Waals surface area (Å²) in [6.45, 7) is 3.72. The first-order valence-electron chi connectivity index (χ1n) is 7.28. The van der Waals surface area contributed by atoms with Crippen LogP contribution in [0.2, 0.25) is 0 Å². The first kappa shape index (κ1) is 17.0. The quantitative estimate of drug-likeness (QED) is 0.501. The van der Waals surface area contributed by atoms with E-state index >= 15 is 0 Å². The molecule has 3 rings (SSSR count). The Balaban J connectivity index is 0.00000161. The number of quaternary nitrogens is 1. The summed E-state index contributed by atoms with van der Waals surface area (Å²) in [4.78, 5) is 0. The van der Waals surface area contributed by atoms with Crippen LogP contribution >= 0.6 is 0 Å². The molecule has 0 saturated carbocycles. The standard InChI is InChI=1S/C14H19BF2NO2.Li/c1-2-3-6-18-7-9-19-15(18,20-10-8-18)13-11-12(16)4-5-14(13)17;/h5,11H,2-3,6-10H2,1H3;/q-1;+1. The molecule has 21 heavy (non-hydrogen) atoms. The molecular weight excluding hydrogens is 270 g/mol. The predicted octanol–water partition coefficient (Wildman–Crippen LogP) is -1.41. The van der Waals surface area contributed by atoms with Crippen LogP contribution < -0.4 is 24.3 Å². The first-order chi connectivity index (χ1) is 9.63. The van der Waals surface area contributed by atoms with E-state index in [4.69, 9.17) is 9.31 Å². The molecule has 2 fully saturated rings. The van der Waals surface area contributed by atoms with Gasteiger partial charge in [0, 0.05) is 12.4 Å². The van der Waals surface area contributed by atoms with Crippen molar-refractivity contribution in [3.8, 4) is 0 Å². The summed E-state index contributed by atoms with van der Waals surface area (Å²) in [5, 5.41) is 0. The van der Waals surface area contributed by atoms with Crippen LogP contribution in [0.1, 0.15) is 19.8 Å². The second kappa shape index (κ2) is 6.39. The molecule has 110 valence electrons. The molecule has 0 unspecified atom stereocenters. The van der Waals surface area contributed by atoms with E-state index < -0.39 is 18.3 Å². The summed E-state index contributed by atoms with van der Waals surface area (Å²) < 4.78 is 40.1. The molecule has 2 aliphatic rings. The van der Waals surface area contributed by atoms with Crippen LogP contribution in [0, 0.1) is 17.7 Å². The molecule has 0 radical (unpaired) electrons. The van der Waals surface area contributed by atoms with E-state index in [0.29, 0.717) is 17.6 Å². The van der Waals surface area contributed by atoms with Crippen molar-refractivity contribution in [2.24, 2.45) is 0 Å². The van der Waals surface area contributed by atoms with Crippen molar-refractivity contribution in [3.63, 3.8) is 0 Å². The molecule has 0 aromatic heterocycles. The van der Waals surface area contributed by atoms with Crippen molar-refractivity contribution in [3.05, 3.63) is 29.8 Å². The molecule has 3 nitrogen and oxygen atoms in total. The molecule has 1 aromatic carbocycles. The SMILES string of the molecule is CCCC[N+]12CCO[B-]1(c1cc(F)[c-]cc1F)OCC2.[Li+]. The number of hydrogen-bond donors (Lipinski definition) is 0. The number of halogens is 2. The Morgan fingerprint density at radius 3 is 2.57 bits per heavy atom. The largest absolute Gasteiger partial charge is 1.00 e. The molecule has 7 heteroatoms. The number of benzene rings is 1. The average Bonchev–Trinajstić information content (AvgIpc) is 2.95. The van der Waals surface area contributed by atoms with Gasteiger partial charge < -0.3 is 13.7 Å². The second-order valence-electron chi connectivity index (χ2n) is 5.74. The molecule has 0 aliphatic carbocycles. The van der Waals surface area contributed by atoms with E-state index in [2.05, 4.69) is 13.0 Å². The van der Waals surface area contributed by atoms with Crippen molar-refractivity contribution in [2.45, 2.75) is 19.8 Å². The fourth-order valence-corrected chi connectivity index (χ4v) is 3.69. The third-order valence-corrected chi connectivity index (χ3v) is 4.73. The molecule has 0 atom stereocenters. The Kier molecular flexibility index (Phi) is 5.17. The minimum Gasteiger partial charge on any atom is -0.507 e. The first-order valence-corrected chi connectivity index (χ1v) is 7.28. The van der Waals surface area contributed by atoms with E-state index in [-0.39, 0.29) is 24.3 Å². The van der Waals surface area contributed by atoms with Crippen molar-refractivity contribution in [1.82, 2.24) is 0 Å². The zero-order valence-electron chi connectivity index (χ0n) is 12.7. The third-order valence-electron chi connectivity index (χ3n) is 4.73. The van der Waals surface area contributed by atoms with Crippen LogP contribution in [-0.2, 0) is 9.31 Å². The van der Waals surface area contributed by atoms with Gasteiger partial charge in [-0.3, -0.25) is 4.39 Å². The molecule has 1 aromatic rings. The average molecular weight is 289 g/mol. The molecule has 2 aliphatic heterocycles. The zero-order valence-corrected chi connectivity index (χ0v) is 12.7. The Morgan fingerprint density at radius 2 is 1.95 bits per heavy atom. The zero-order chi connectivity index (χ0) is 14.2. The van der Waals surface area contributed by atoms with Crippen LogP contribution in [0.3, 0.4) is 0 Å². The van der Waals surface area contributed by atoms with Gasteiger partial charge in [-0.2, -0.15) is 11.5 Å². The fourth-order valence-electron chi connectivity index (χ4n) is 3.69. The number of unbranched alkanes of at least 4 members (excludes halogenated alkanes) is 1. The number of fused-ring (bicyclic) bond motifs is 1. The van der Waals surface area contributed by atoms with Gasteiger partial charge in [-0.15, -0.1) is 12.1 Å². The van der Waals surface area contributed by atoms with Crippen molar-refractivity contribution in [1.29, 1.82) is 0 Å². The normalized spacial score (nSPS) is 31.0. The third kappa shape index (κ3) is 2.58. The van der Waals surface area contributed by atoms with Gasteiger partial charge in [-0.25, -0.2) is 4.39 Å². The van der Waals surface area contributed by atoms with Gasteiger partial charge in [0.2, 0.25) is 0 Å². The molecule has 0 N–H and O–H groups in total. The summed E-state index contributed by atoms with van der Waals surface area (Å²) in [7, 11) is 0. The smallest absolute Gasteiger partial charge is 0.507 e. The minimum atomic E-state index is -1.97. The van der Waals surface area contributed by atoms with Crippen LogP contribution in [0.5, 0.6) is 0 Å². The molecule has 0 spiro atoms. The Bertz CT molecular complexity index is 508. The molecular formula is C14H19BF2LiNO2. The second-order valence-corrected chi connectivity index (χ2v) is 5.74. The fraction of sp³-hybridized carbons (Fsp3) is 0.571. The van der Waals surface area contributed by atoms with E-state index in [1.165, 1.54) is 6.07 Å². The topological polar surface area (TPSA) is 18.5 Å². The maximum atomic E-state index is 14.2. The van der Waals surface area contributed by atoms with Crippen LogP contribution in [0.25, 0.3) is 0 Å².